The molecule has 0 bridgehead atoms. The monoisotopic (exact) mass is 258 g/mol. The Hall–Kier alpha value is -0.940. The van der Waals surface area contributed by atoms with Crippen LogP contribution in [-0.4, -0.2) is 16.1 Å². The molecule has 0 saturated carbocycles. The van der Waals surface area contributed by atoms with Crippen molar-refractivity contribution in [2.45, 2.75) is 19.4 Å². The zero-order valence-corrected chi connectivity index (χ0v) is 9.28. The van der Waals surface area contributed by atoms with Crippen molar-refractivity contribution in [3.05, 3.63) is 28.0 Å². The van der Waals surface area contributed by atoms with Crippen molar-refractivity contribution in [2.24, 2.45) is 5.73 Å². The van der Waals surface area contributed by atoms with Gasteiger partial charge in [-0.3, -0.25) is 9.78 Å². The number of halogens is 1. The number of pyridine rings is 1. The van der Waals surface area contributed by atoms with Crippen LogP contribution >= 0.6 is 15.9 Å². The van der Waals surface area contributed by atoms with Crippen LogP contribution in [0, 0.1) is 6.92 Å². The number of carboxylic acid groups (broad SMARTS) is 1. The van der Waals surface area contributed by atoms with Gasteiger partial charge < -0.3 is 10.8 Å². The molecule has 0 aliphatic rings. The molecule has 0 unspecified atom stereocenters. The summed E-state index contributed by atoms with van der Waals surface area (Å²) >= 11 is 3.30. The SMILES string of the molecule is Cc1cnc([C@H](N)CC(=O)O)c(Br)c1. The zero-order chi connectivity index (χ0) is 10.7. The Bertz CT molecular complexity index is 355. The van der Waals surface area contributed by atoms with Gasteiger partial charge >= 0.3 is 5.97 Å². The molecular weight excluding hydrogens is 248 g/mol. The van der Waals surface area contributed by atoms with Gasteiger partial charge in [-0.05, 0) is 34.5 Å². The molecule has 76 valence electrons. The Morgan fingerprint density at radius 1 is 1.79 bits per heavy atom. The first-order valence-electron chi connectivity index (χ1n) is 4.10. The predicted molar refractivity (Wildman–Crippen MR) is 55.9 cm³/mol. The molecule has 0 fully saturated rings. The van der Waals surface area contributed by atoms with Crippen molar-refractivity contribution in [3.8, 4) is 0 Å². The lowest BCUT2D eigenvalue weighted by Crippen LogP contribution is -2.16. The fraction of sp³-hybridized carbons (Fsp3) is 0.333. The van der Waals surface area contributed by atoms with Crippen LogP contribution in [0.4, 0.5) is 0 Å². The Balaban J connectivity index is 2.90. The third-order valence-electron chi connectivity index (χ3n) is 1.75. The summed E-state index contributed by atoms with van der Waals surface area (Å²) in [5, 5.41) is 8.57. The molecule has 0 amide bonds. The van der Waals surface area contributed by atoms with Crippen LogP contribution in [0.1, 0.15) is 23.7 Å². The average Bonchev–Trinajstić information content (AvgIpc) is 2.01. The van der Waals surface area contributed by atoms with Gasteiger partial charge in [-0.25, -0.2) is 0 Å². The highest BCUT2D eigenvalue weighted by Crippen LogP contribution is 2.22. The van der Waals surface area contributed by atoms with Crippen molar-refractivity contribution < 1.29 is 9.90 Å². The molecule has 14 heavy (non-hydrogen) atoms. The van der Waals surface area contributed by atoms with Crippen LogP contribution in [0.25, 0.3) is 0 Å². The van der Waals surface area contributed by atoms with E-state index < -0.39 is 12.0 Å². The summed E-state index contributed by atoms with van der Waals surface area (Å²) < 4.78 is 0.756. The predicted octanol–water partition coefficient (Wildman–Crippen LogP) is 1.63. The van der Waals surface area contributed by atoms with E-state index in [-0.39, 0.29) is 6.42 Å². The number of aromatic nitrogens is 1. The highest BCUT2D eigenvalue weighted by molar-refractivity contribution is 9.10. The molecule has 3 N–H and O–H groups in total. The lowest BCUT2D eigenvalue weighted by atomic mass is 10.1. The van der Waals surface area contributed by atoms with E-state index in [0.717, 1.165) is 10.0 Å². The third-order valence-corrected chi connectivity index (χ3v) is 2.39. The molecule has 0 radical (unpaired) electrons. The molecule has 0 aromatic carbocycles. The molecule has 4 nitrogen and oxygen atoms in total. The minimum absolute atomic E-state index is 0.116. The van der Waals surface area contributed by atoms with Crippen LogP contribution < -0.4 is 5.73 Å². The highest BCUT2D eigenvalue weighted by Gasteiger charge is 2.14. The Kier molecular flexibility index (Phi) is 3.60. The molecule has 0 spiro atoms. The third kappa shape index (κ3) is 2.78. The molecule has 0 saturated heterocycles. The first-order chi connectivity index (χ1) is 6.50. The smallest absolute Gasteiger partial charge is 0.305 e. The maximum atomic E-state index is 10.4. The van der Waals surface area contributed by atoms with E-state index >= 15 is 0 Å². The number of hydrogen-bond acceptors (Lipinski definition) is 3. The molecule has 0 aliphatic carbocycles. The Morgan fingerprint density at radius 2 is 2.43 bits per heavy atom. The fourth-order valence-electron chi connectivity index (χ4n) is 1.10. The Morgan fingerprint density at radius 3 is 2.93 bits per heavy atom. The van der Waals surface area contributed by atoms with Crippen LogP contribution in [-0.2, 0) is 4.79 Å². The number of nitrogens with two attached hydrogens (primary N) is 1. The zero-order valence-electron chi connectivity index (χ0n) is 7.70. The van der Waals surface area contributed by atoms with E-state index in [4.69, 9.17) is 10.8 Å². The van der Waals surface area contributed by atoms with Crippen molar-refractivity contribution in [2.75, 3.05) is 0 Å². The standard InChI is InChI=1S/C9H11BrN2O2/c1-5-2-6(10)9(12-4-5)7(11)3-8(13)14/h2,4,7H,3,11H2,1H3,(H,13,14)/t7-/m1/s1. The van der Waals surface area contributed by atoms with Gasteiger partial charge in [0.25, 0.3) is 0 Å². The van der Waals surface area contributed by atoms with Gasteiger partial charge in [0.1, 0.15) is 0 Å². The first kappa shape index (κ1) is 11.1. The fourth-order valence-corrected chi connectivity index (χ4v) is 1.86. The van der Waals surface area contributed by atoms with E-state index in [1.807, 2.05) is 13.0 Å². The molecule has 1 aromatic heterocycles. The van der Waals surface area contributed by atoms with Crippen LogP contribution in [0.5, 0.6) is 0 Å². The molecular formula is C9H11BrN2O2. The van der Waals surface area contributed by atoms with Crippen LogP contribution in [0.2, 0.25) is 0 Å². The minimum atomic E-state index is -0.924. The number of nitrogens with zero attached hydrogens (tertiary/aromatic N) is 1. The second kappa shape index (κ2) is 4.52. The second-order valence-electron chi connectivity index (χ2n) is 3.08. The van der Waals surface area contributed by atoms with Crippen molar-refractivity contribution in [1.82, 2.24) is 4.98 Å². The maximum absolute atomic E-state index is 10.4. The van der Waals surface area contributed by atoms with E-state index in [1.165, 1.54) is 0 Å². The van der Waals surface area contributed by atoms with Gasteiger partial charge in [-0.2, -0.15) is 0 Å². The quantitative estimate of drug-likeness (QED) is 0.864. The van der Waals surface area contributed by atoms with E-state index in [1.54, 1.807) is 6.20 Å². The number of carbonyl (C=O) groups is 1. The summed E-state index contributed by atoms with van der Waals surface area (Å²) in [5.41, 5.74) is 7.26. The summed E-state index contributed by atoms with van der Waals surface area (Å²) in [6.07, 6.45) is 1.55. The second-order valence-corrected chi connectivity index (χ2v) is 3.94. The number of carboxylic acids is 1. The summed E-state index contributed by atoms with van der Waals surface area (Å²) in [6, 6.07) is 1.30. The number of aryl methyl sites for hydroxylation is 1. The topological polar surface area (TPSA) is 76.2 Å². The summed E-state index contributed by atoms with van der Waals surface area (Å²) in [7, 11) is 0. The first-order valence-corrected chi connectivity index (χ1v) is 4.89. The van der Waals surface area contributed by atoms with Gasteiger partial charge in [-0.15, -0.1) is 0 Å². The van der Waals surface area contributed by atoms with Gasteiger partial charge in [0.2, 0.25) is 0 Å². The van der Waals surface area contributed by atoms with Gasteiger partial charge in [0.15, 0.2) is 0 Å². The summed E-state index contributed by atoms with van der Waals surface area (Å²) in [4.78, 5) is 14.5. The average molecular weight is 259 g/mol. The molecule has 0 aliphatic heterocycles. The highest BCUT2D eigenvalue weighted by atomic mass is 79.9. The molecule has 1 aromatic rings. The lowest BCUT2D eigenvalue weighted by Gasteiger charge is -2.10. The van der Waals surface area contributed by atoms with Gasteiger partial charge in [0, 0.05) is 10.7 Å². The van der Waals surface area contributed by atoms with E-state index in [0.29, 0.717) is 5.69 Å². The summed E-state index contributed by atoms with van der Waals surface area (Å²) in [6.45, 7) is 1.91. The molecule has 1 rings (SSSR count). The van der Waals surface area contributed by atoms with E-state index in [9.17, 15) is 4.79 Å². The number of hydrogen-bond donors (Lipinski definition) is 2. The Labute approximate surface area is 90.3 Å². The van der Waals surface area contributed by atoms with Crippen molar-refractivity contribution in [1.29, 1.82) is 0 Å². The maximum Gasteiger partial charge on any atom is 0.305 e. The van der Waals surface area contributed by atoms with Crippen molar-refractivity contribution in [3.63, 3.8) is 0 Å². The van der Waals surface area contributed by atoms with Crippen LogP contribution in [0.3, 0.4) is 0 Å². The van der Waals surface area contributed by atoms with Gasteiger partial charge in [0.05, 0.1) is 18.2 Å². The number of rotatable bonds is 3. The van der Waals surface area contributed by atoms with Crippen molar-refractivity contribution >= 4 is 21.9 Å². The normalized spacial score (nSPS) is 12.5. The summed E-state index contributed by atoms with van der Waals surface area (Å²) in [5.74, 6) is -0.924. The lowest BCUT2D eigenvalue weighted by molar-refractivity contribution is -0.137. The van der Waals surface area contributed by atoms with E-state index in [2.05, 4.69) is 20.9 Å². The van der Waals surface area contributed by atoms with Crippen LogP contribution in [0.15, 0.2) is 16.7 Å². The van der Waals surface area contributed by atoms with Gasteiger partial charge in [-0.1, -0.05) is 0 Å². The minimum Gasteiger partial charge on any atom is -0.481 e. The molecule has 1 heterocycles. The molecule has 5 heteroatoms. The molecule has 1 atom stereocenters. The number of aliphatic carboxylic acids is 1. The largest absolute Gasteiger partial charge is 0.481 e.